The normalized spacial score (nSPS) is 15.6. The zero-order valence-electron chi connectivity index (χ0n) is 12.0. The van der Waals surface area contributed by atoms with Crippen molar-refractivity contribution in [1.29, 1.82) is 0 Å². The lowest BCUT2D eigenvalue weighted by Crippen LogP contribution is -2.21. The van der Waals surface area contributed by atoms with Gasteiger partial charge in [-0.3, -0.25) is 20.2 Å². The van der Waals surface area contributed by atoms with Gasteiger partial charge >= 0.3 is 0 Å². The van der Waals surface area contributed by atoms with Crippen molar-refractivity contribution in [3.05, 3.63) is 57.5 Å². The van der Waals surface area contributed by atoms with Crippen LogP contribution in [-0.2, 0) is 4.79 Å². The Morgan fingerprint density at radius 3 is 2.65 bits per heavy atom. The van der Waals surface area contributed by atoms with Crippen LogP contribution >= 0.6 is 12.2 Å². The summed E-state index contributed by atoms with van der Waals surface area (Å²) in [4.78, 5) is 22.0. The number of hydrogen-bond donors (Lipinski definition) is 2. The SMILES string of the molecule is Cc1cc(-c2ccc(/C=C3\NC(=S)NC3=O)o2)ccc1[N+](=O)[O-]. The monoisotopic (exact) mass is 329 g/mol. The first-order valence-corrected chi connectivity index (χ1v) is 7.04. The second-order valence-corrected chi connectivity index (χ2v) is 5.33. The Bertz CT molecular complexity index is 869. The van der Waals surface area contributed by atoms with Crippen molar-refractivity contribution in [2.75, 3.05) is 0 Å². The number of nitrogens with zero attached hydrogens (tertiary/aromatic N) is 1. The van der Waals surface area contributed by atoms with Gasteiger partial charge in [-0.2, -0.15) is 0 Å². The predicted molar refractivity (Wildman–Crippen MR) is 87.4 cm³/mol. The van der Waals surface area contributed by atoms with E-state index in [1.54, 1.807) is 31.2 Å². The number of thiocarbonyl (C=S) groups is 1. The third-order valence-corrected chi connectivity index (χ3v) is 3.52. The van der Waals surface area contributed by atoms with Crippen LogP contribution in [0.3, 0.4) is 0 Å². The molecule has 1 saturated heterocycles. The molecule has 1 aliphatic heterocycles. The van der Waals surface area contributed by atoms with Crippen LogP contribution in [0.4, 0.5) is 5.69 Å². The van der Waals surface area contributed by atoms with Gasteiger partial charge in [0.25, 0.3) is 11.6 Å². The summed E-state index contributed by atoms with van der Waals surface area (Å²) in [6, 6.07) is 8.18. The number of nitro benzene ring substituents is 1. The van der Waals surface area contributed by atoms with Gasteiger partial charge in [0, 0.05) is 23.3 Å². The van der Waals surface area contributed by atoms with Crippen molar-refractivity contribution < 1.29 is 14.1 Å². The molecule has 0 radical (unpaired) electrons. The molecule has 2 N–H and O–H groups in total. The van der Waals surface area contributed by atoms with Crippen LogP contribution in [0.2, 0.25) is 0 Å². The van der Waals surface area contributed by atoms with Crippen LogP contribution in [0, 0.1) is 17.0 Å². The standard InChI is InChI=1S/C15H11N3O4S/c1-8-6-9(2-4-12(8)18(20)21)13-5-3-10(22-13)7-11-14(19)17-15(23)16-11/h2-7H,1H3,(H2,16,17,19,23)/b11-7-. The lowest BCUT2D eigenvalue weighted by molar-refractivity contribution is -0.385. The molecule has 23 heavy (non-hydrogen) atoms. The molecule has 1 amide bonds. The van der Waals surface area contributed by atoms with Crippen molar-refractivity contribution in [2.24, 2.45) is 0 Å². The fraction of sp³-hybridized carbons (Fsp3) is 0.0667. The Morgan fingerprint density at radius 2 is 2.04 bits per heavy atom. The number of nitro groups is 1. The molecule has 7 nitrogen and oxygen atoms in total. The number of nitrogens with one attached hydrogen (secondary N) is 2. The van der Waals surface area contributed by atoms with E-state index in [0.29, 0.717) is 22.8 Å². The van der Waals surface area contributed by atoms with Gasteiger partial charge in [-0.05, 0) is 43.4 Å². The minimum absolute atomic E-state index is 0.0583. The van der Waals surface area contributed by atoms with E-state index in [4.69, 9.17) is 16.6 Å². The first-order valence-electron chi connectivity index (χ1n) is 6.63. The fourth-order valence-electron chi connectivity index (χ4n) is 2.22. The number of furan rings is 1. The largest absolute Gasteiger partial charge is 0.457 e. The summed E-state index contributed by atoms with van der Waals surface area (Å²) in [6.07, 6.45) is 1.54. The second kappa shape index (κ2) is 5.65. The highest BCUT2D eigenvalue weighted by Crippen LogP contribution is 2.28. The van der Waals surface area contributed by atoms with E-state index >= 15 is 0 Å². The van der Waals surface area contributed by atoms with E-state index in [1.807, 2.05) is 0 Å². The molecule has 2 heterocycles. The van der Waals surface area contributed by atoms with E-state index in [1.165, 1.54) is 12.1 Å². The van der Waals surface area contributed by atoms with Crippen molar-refractivity contribution in [3.8, 4) is 11.3 Å². The first-order chi connectivity index (χ1) is 10.9. The Balaban J connectivity index is 1.89. The maximum atomic E-state index is 11.6. The highest BCUT2D eigenvalue weighted by molar-refractivity contribution is 7.80. The molecular formula is C15H11N3O4S. The second-order valence-electron chi connectivity index (χ2n) is 4.93. The lowest BCUT2D eigenvalue weighted by Gasteiger charge is -2.00. The molecule has 0 saturated carbocycles. The Morgan fingerprint density at radius 1 is 1.26 bits per heavy atom. The van der Waals surface area contributed by atoms with Crippen molar-refractivity contribution >= 4 is 35.0 Å². The van der Waals surface area contributed by atoms with Crippen LogP contribution in [-0.4, -0.2) is 15.9 Å². The summed E-state index contributed by atoms with van der Waals surface area (Å²) in [5.41, 5.74) is 1.63. The van der Waals surface area contributed by atoms with E-state index in [2.05, 4.69) is 10.6 Å². The Kier molecular flexibility index (Phi) is 3.67. The van der Waals surface area contributed by atoms with Crippen LogP contribution in [0.5, 0.6) is 0 Å². The molecule has 0 aliphatic carbocycles. The van der Waals surface area contributed by atoms with Crippen molar-refractivity contribution in [2.45, 2.75) is 6.92 Å². The average molecular weight is 329 g/mol. The highest BCUT2D eigenvalue weighted by atomic mass is 32.1. The smallest absolute Gasteiger partial charge is 0.274 e. The van der Waals surface area contributed by atoms with Crippen LogP contribution < -0.4 is 10.6 Å². The number of amides is 1. The third-order valence-electron chi connectivity index (χ3n) is 3.31. The molecule has 0 spiro atoms. The molecule has 1 fully saturated rings. The van der Waals surface area contributed by atoms with Gasteiger partial charge in [-0.15, -0.1) is 0 Å². The van der Waals surface area contributed by atoms with Crippen molar-refractivity contribution in [1.82, 2.24) is 10.6 Å². The van der Waals surface area contributed by atoms with E-state index in [-0.39, 0.29) is 16.7 Å². The number of aryl methyl sites for hydroxylation is 1. The van der Waals surface area contributed by atoms with Gasteiger partial charge in [0.05, 0.1) is 4.92 Å². The summed E-state index contributed by atoms with van der Waals surface area (Å²) < 4.78 is 5.66. The van der Waals surface area contributed by atoms with Gasteiger partial charge in [-0.1, -0.05) is 0 Å². The Hall–Kier alpha value is -3.00. The third kappa shape index (κ3) is 2.97. The predicted octanol–water partition coefficient (Wildman–Crippen LogP) is 2.51. The Labute approximate surface area is 136 Å². The zero-order chi connectivity index (χ0) is 16.6. The molecule has 2 aromatic rings. The quantitative estimate of drug-likeness (QED) is 0.389. The lowest BCUT2D eigenvalue weighted by atomic mass is 10.1. The summed E-state index contributed by atoms with van der Waals surface area (Å²) >= 11 is 4.85. The van der Waals surface area contributed by atoms with Gasteiger partial charge in [0.2, 0.25) is 0 Å². The molecule has 0 atom stereocenters. The topological polar surface area (TPSA) is 97.4 Å². The maximum Gasteiger partial charge on any atom is 0.274 e. The van der Waals surface area contributed by atoms with Gasteiger partial charge in [0.1, 0.15) is 17.2 Å². The number of hydrogen-bond acceptors (Lipinski definition) is 5. The summed E-state index contributed by atoms with van der Waals surface area (Å²) in [6.45, 7) is 1.67. The molecule has 1 aliphatic rings. The van der Waals surface area contributed by atoms with Crippen LogP contribution in [0.25, 0.3) is 17.4 Å². The summed E-state index contributed by atoms with van der Waals surface area (Å²) in [5.74, 6) is 0.702. The number of rotatable bonds is 3. The van der Waals surface area contributed by atoms with Gasteiger partial charge in [0.15, 0.2) is 5.11 Å². The minimum atomic E-state index is -0.426. The van der Waals surface area contributed by atoms with Gasteiger partial charge < -0.3 is 9.73 Å². The maximum absolute atomic E-state index is 11.6. The zero-order valence-corrected chi connectivity index (χ0v) is 12.8. The summed E-state index contributed by atoms with van der Waals surface area (Å²) in [5, 5.41) is 16.3. The van der Waals surface area contributed by atoms with Gasteiger partial charge in [-0.25, -0.2) is 0 Å². The number of carbonyl (C=O) groups is 1. The van der Waals surface area contributed by atoms with E-state index < -0.39 is 4.92 Å². The molecule has 8 heteroatoms. The molecule has 1 aromatic heterocycles. The van der Waals surface area contributed by atoms with Crippen molar-refractivity contribution in [3.63, 3.8) is 0 Å². The molecule has 0 bridgehead atoms. The van der Waals surface area contributed by atoms with Crippen LogP contribution in [0.1, 0.15) is 11.3 Å². The van der Waals surface area contributed by atoms with E-state index in [0.717, 1.165) is 5.56 Å². The molecular weight excluding hydrogens is 318 g/mol. The first kappa shape index (κ1) is 14.9. The molecule has 1 aromatic carbocycles. The average Bonchev–Trinajstić information content (AvgIpc) is 3.06. The molecule has 0 unspecified atom stereocenters. The number of benzene rings is 1. The minimum Gasteiger partial charge on any atom is -0.457 e. The summed E-state index contributed by atoms with van der Waals surface area (Å²) in [7, 11) is 0. The molecule has 3 rings (SSSR count). The fourth-order valence-corrected chi connectivity index (χ4v) is 2.43. The molecule has 116 valence electrons. The van der Waals surface area contributed by atoms with Crippen LogP contribution in [0.15, 0.2) is 40.4 Å². The highest BCUT2D eigenvalue weighted by Gasteiger charge is 2.20. The van der Waals surface area contributed by atoms with E-state index in [9.17, 15) is 14.9 Å². The number of carbonyl (C=O) groups excluding carboxylic acids is 1.